The van der Waals surface area contributed by atoms with E-state index in [1.54, 1.807) is 0 Å². The fraction of sp³-hybridized carbons (Fsp3) is 0.909. The van der Waals surface area contributed by atoms with Crippen molar-refractivity contribution in [2.75, 3.05) is 20.1 Å². The molecule has 1 saturated heterocycles. The van der Waals surface area contributed by atoms with E-state index in [0.717, 1.165) is 25.9 Å². The van der Waals surface area contributed by atoms with Crippen LogP contribution in [0.5, 0.6) is 0 Å². The molecule has 0 amide bonds. The first-order chi connectivity index (χ1) is 6.53. The molecule has 0 aliphatic carbocycles. The lowest BCUT2D eigenvalue weighted by Gasteiger charge is -2.23. The Labute approximate surface area is 86.6 Å². The molecule has 3 nitrogen and oxygen atoms in total. The summed E-state index contributed by atoms with van der Waals surface area (Å²) in [5.74, 6) is 0. The standard InChI is InChI=1S/C11H20N2O/c1-11(2)6-5-10(14-11)9-13(3)8-4-7-12/h10H,4-6,8-9H2,1-3H3. The molecule has 0 aromatic rings. The van der Waals surface area contributed by atoms with Gasteiger partial charge in [0.25, 0.3) is 0 Å². The minimum Gasteiger partial charge on any atom is -0.371 e. The van der Waals surface area contributed by atoms with Crippen molar-refractivity contribution < 1.29 is 4.74 Å². The summed E-state index contributed by atoms with van der Waals surface area (Å²) in [7, 11) is 2.05. The van der Waals surface area contributed by atoms with E-state index >= 15 is 0 Å². The number of ether oxygens (including phenoxy) is 1. The number of hydrogen-bond donors (Lipinski definition) is 0. The van der Waals surface area contributed by atoms with Gasteiger partial charge in [-0.3, -0.25) is 0 Å². The van der Waals surface area contributed by atoms with Crippen LogP contribution in [0, 0.1) is 11.3 Å². The Bertz CT molecular complexity index is 220. The van der Waals surface area contributed by atoms with Gasteiger partial charge in [0.1, 0.15) is 0 Å². The molecule has 1 fully saturated rings. The minimum absolute atomic E-state index is 0.0563. The van der Waals surface area contributed by atoms with Crippen molar-refractivity contribution in [3.63, 3.8) is 0 Å². The quantitative estimate of drug-likeness (QED) is 0.687. The van der Waals surface area contributed by atoms with Crippen LogP contribution in [0.3, 0.4) is 0 Å². The van der Waals surface area contributed by atoms with E-state index in [0.29, 0.717) is 12.5 Å². The smallest absolute Gasteiger partial charge is 0.0710 e. The topological polar surface area (TPSA) is 36.3 Å². The summed E-state index contributed by atoms with van der Waals surface area (Å²) in [6.45, 7) is 6.08. The normalized spacial score (nSPS) is 25.2. The van der Waals surface area contributed by atoms with Gasteiger partial charge in [-0.05, 0) is 33.7 Å². The van der Waals surface area contributed by atoms with Gasteiger partial charge in [-0.1, -0.05) is 0 Å². The summed E-state index contributed by atoms with van der Waals surface area (Å²) < 4.78 is 5.87. The summed E-state index contributed by atoms with van der Waals surface area (Å²) in [5, 5.41) is 8.45. The summed E-state index contributed by atoms with van der Waals surface area (Å²) in [6, 6.07) is 2.16. The molecule has 1 unspecified atom stereocenters. The van der Waals surface area contributed by atoms with E-state index in [2.05, 4.69) is 24.8 Å². The third-order valence-corrected chi connectivity index (χ3v) is 2.67. The van der Waals surface area contributed by atoms with E-state index in [-0.39, 0.29) is 5.60 Å². The molecule has 0 saturated carbocycles. The van der Waals surface area contributed by atoms with Crippen molar-refractivity contribution in [3.05, 3.63) is 0 Å². The highest BCUT2D eigenvalue weighted by molar-refractivity contribution is 4.82. The highest BCUT2D eigenvalue weighted by Crippen LogP contribution is 2.29. The van der Waals surface area contributed by atoms with Gasteiger partial charge in [-0.2, -0.15) is 5.26 Å². The predicted octanol–water partition coefficient (Wildman–Crippen LogP) is 1.79. The van der Waals surface area contributed by atoms with E-state index in [9.17, 15) is 0 Å². The summed E-state index contributed by atoms with van der Waals surface area (Å²) in [6.07, 6.45) is 3.24. The third-order valence-electron chi connectivity index (χ3n) is 2.67. The van der Waals surface area contributed by atoms with Crippen LogP contribution in [0.15, 0.2) is 0 Å². The molecular weight excluding hydrogens is 176 g/mol. The molecule has 0 N–H and O–H groups in total. The van der Waals surface area contributed by atoms with Gasteiger partial charge < -0.3 is 9.64 Å². The molecule has 1 aliphatic heterocycles. The van der Waals surface area contributed by atoms with Crippen LogP contribution in [0.25, 0.3) is 0 Å². The number of rotatable bonds is 4. The second-order valence-electron chi connectivity index (χ2n) is 4.71. The highest BCUT2D eigenvalue weighted by atomic mass is 16.5. The zero-order chi connectivity index (χ0) is 10.6. The molecular formula is C11H20N2O. The largest absolute Gasteiger partial charge is 0.371 e. The lowest BCUT2D eigenvalue weighted by molar-refractivity contribution is -0.0257. The van der Waals surface area contributed by atoms with Crippen molar-refractivity contribution >= 4 is 0 Å². The van der Waals surface area contributed by atoms with Gasteiger partial charge in [0, 0.05) is 19.5 Å². The lowest BCUT2D eigenvalue weighted by Crippen LogP contribution is -2.31. The number of hydrogen-bond acceptors (Lipinski definition) is 3. The summed E-state index contributed by atoms with van der Waals surface area (Å²) in [5.41, 5.74) is 0.0563. The Kier molecular flexibility index (Phi) is 3.91. The number of nitrogens with zero attached hydrogens (tertiary/aromatic N) is 2. The van der Waals surface area contributed by atoms with Crippen LogP contribution in [0.1, 0.15) is 33.1 Å². The fourth-order valence-electron chi connectivity index (χ4n) is 1.89. The zero-order valence-corrected chi connectivity index (χ0v) is 9.42. The predicted molar refractivity (Wildman–Crippen MR) is 55.9 cm³/mol. The van der Waals surface area contributed by atoms with E-state index in [1.165, 1.54) is 0 Å². The van der Waals surface area contributed by atoms with Crippen LogP contribution >= 0.6 is 0 Å². The Balaban J connectivity index is 2.22. The first-order valence-electron chi connectivity index (χ1n) is 5.27. The van der Waals surface area contributed by atoms with Gasteiger partial charge in [0.05, 0.1) is 17.8 Å². The Morgan fingerprint density at radius 1 is 1.57 bits per heavy atom. The van der Waals surface area contributed by atoms with Gasteiger partial charge >= 0.3 is 0 Å². The molecule has 0 aromatic heterocycles. The van der Waals surface area contributed by atoms with E-state index < -0.39 is 0 Å². The molecule has 0 bridgehead atoms. The summed E-state index contributed by atoms with van der Waals surface area (Å²) >= 11 is 0. The lowest BCUT2D eigenvalue weighted by atomic mass is 10.1. The Hall–Kier alpha value is -0.590. The van der Waals surface area contributed by atoms with E-state index in [1.807, 2.05) is 7.05 Å². The minimum atomic E-state index is 0.0563. The Morgan fingerprint density at radius 3 is 2.79 bits per heavy atom. The molecule has 1 rings (SSSR count). The molecule has 3 heteroatoms. The molecule has 0 radical (unpaired) electrons. The van der Waals surface area contributed by atoms with Gasteiger partial charge in [0.15, 0.2) is 0 Å². The van der Waals surface area contributed by atoms with Crippen LogP contribution in [0.2, 0.25) is 0 Å². The second-order valence-corrected chi connectivity index (χ2v) is 4.71. The van der Waals surface area contributed by atoms with Crippen molar-refractivity contribution in [2.24, 2.45) is 0 Å². The van der Waals surface area contributed by atoms with Crippen LogP contribution < -0.4 is 0 Å². The summed E-state index contributed by atoms with van der Waals surface area (Å²) in [4.78, 5) is 2.18. The fourth-order valence-corrected chi connectivity index (χ4v) is 1.89. The molecule has 14 heavy (non-hydrogen) atoms. The highest BCUT2D eigenvalue weighted by Gasteiger charge is 2.31. The number of nitriles is 1. The third kappa shape index (κ3) is 3.65. The zero-order valence-electron chi connectivity index (χ0n) is 9.42. The van der Waals surface area contributed by atoms with Gasteiger partial charge in [-0.15, -0.1) is 0 Å². The molecule has 1 atom stereocenters. The van der Waals surface area contributed by atoms with Crippen molar-refractivity contribution in [3.8, 4) is 6.07 Å². The maximum atomic E-state index is 8.45. The maximum Gasteiger partial charge on any atom is 0.0710 e. The van der Waals surface area contributed by atoms with Crippen molar-refractivity contribution in [2.45, 2.75) is 44.8 Å². The Morgan fingerprint density at radius 2 is 2.29 bits per heavy atom. The monoisotopic (exact) mass is 196 g/mol. The molecule has 1 aliphatic rings. The van der Waals surface area contributed by atoms with E-state index in [4.69, 9.17) is 10.00 Å². The van der Waals surface area contributed by atoms with Crippen LogP contribution in [-0.2, 0) is 4.74 Å². The maximum absolute atomic E-state index is 8.45. The average molecular weight is 196 g/mol. The van der Waals surface area contributed by atoms with Crippen molar-refractivity contribution in [1.29, 1.82) is 5.26 Å². The molecule has 80 valence electrons. The molecule has 0 aromatic carbocycles. The van der Waals surface area contributed by atoms with Crippen molar-refractivity contribution in [1.82, 2.24) is 4.90 Å². The first-order valence-corrected chi connectivity index (χ1v) is 5.27. The first kappa shape index (κ1) is 11.5. The molecule has 1 heterocycles. The second kappa shape index (κ2) is 4.77. The van der Waals surface area contributed by atoms with Gasteiger partial charge in [0.2, 0.25) is 0 Å². The van der Waals surface area contributed by atoms with Crippen LogP contribution in [-0.4, -0.2) is 36.7 Å². The van der Waals surface area contributed by atoms with Gasteiger partial charge in [-0.25, -0.2) is 0 Å². The SMILES string of the molecule is CN(CCC#N)CC1CCC(C)(C)O1. The number of likely N-dealkylation sites (N-methyl/N-ethyl adjacent to an activating group) is 1. The molecule has 0 spiro atoms. The average Bonchev–Trinajstić information content (AvgIpc) is 2.42. The van der Waals surface area contributed by atoms with Crippen LogP contribution in [0.4, 0.5) is 0 Å².